The van der Waals surface area contributed by atoms with Crippen molar-refractivity contribution in [3.63, 3.8) is 0 Å². The second-order valence-electron chi connectivity index (χ2n) is 7.51. The van der Waals surface area contributed by atoms with E-state index < -0.39 is 10.0 Å². The van der Waals surface area contributed by atoms with Gasteiger partial charge in [0.2, 0.25) is 0 Å². The number of sulfonamides is 1. The Hall–Kier alpha value is -3.12. The van der Waals surface area contributed by atoms with E-state index in [0.717, 1.165) is 12.8 Å². The smallest absolute Gasteiger partial charge is 0.264 e. The van der Waals surface area contributed by atoms with Crippen molar-refractivity contribution in [3.05, 3.63) is 96.1 Å². The first-order chi connectivity index (χ1) is 14.9. The van der Waals surface area contributed by atoms with Crippen LogP contribution in [0.5, 0.6) is 0 Å². The Bertz CT molecular complexity index is 1080. The second kappa shape index (κ2) is 10.3. The van der Waals surface area contributed by atoms with Crippen molar-refractivity contribution in [2.24, 2.45) is 5.92 Å². The summed E-state index contributed by atoms with van der Waals surface area (Å²) in [6.45, 7) is 2.71. The van der Waals surface area contributed by atoms with Gasteiger partial charge in [-0.1, -0.05) is 61.9 Å². The van der Waals surface area contributed by atoms with Crippen molar-refractivity contribution in [2.75, 3.05) is 17.9 Å². The number of benzene rings is 3. The molecule has 0 aliphatic heterocycles. The number of hydrogen-bond acceptors (Lipinski definition) is 3. The Morgan fingerprint density at radius 2 is 1.48 bits per heavy atom. The second-order valence-corrected chi connectivity index (χ2v) is 9.48. The fourth-order valence-corrected chi connectivity index (χ4v) is 4.58. The largest absolute Gasteiger partial charge is 0.352 e. The van der Waals surface area contributed by atoms with E-state index in [1.807, 2.05) is 18.2 Å². The summed E-state index contributed by atoms with van der Waals surface area (Å²) in [5.41, 5.74) is 2.26. The summed E-state index contributed by atoms with van der Waals surface area (Å²) in [6.07, 6.45) is 1.88. The van der Waals surface area contributed by atoms with E-state index in [0.29, 0.717) is 23.7 Å². The Balaban J connectivity index is 1.62. The Labute approximate surface area is 184 Å². The van der Waals surface area contributed by atoms with Crippen LogP contribution in [0.1, 0.15) is 29.3 Å². The molecule has 0 heterocycles. The molecule has 0 aliphatic carbocycles. The van der Waals surface area contributed by atoms with Crippen molar-refractivity contribution < 1.29 is 13.2 Å². The molecule has 3 aromatic carbocycles. The van der Waals surface area contributed by atoms with E-state index in [-0.39, 0.29) is 10.8 Å². The molecule has 3 aromatic rings. The molecule has 1 N–H and O–H groups in total. The van der Waals surface area contributed by atoms with Gasteiger partial charge in [0.15, 0.2) is 0 Å². The van der Waals surface area contributed by atoms with Crippen molar-refractivity contribution in [1.82, 2.24) is 5.32 Å². The van der Waals surface area contributed by atoms with Gasteiger partial charge < -0.3 is 5.32 Å². The maximum absolute atomic E-state index is 12.8. The molecule has 1 amide bonds. The average molecular weight is 437 g/mol. The normalized spacial score (nSPS) is 12.2. The van der Waals surface area contributed by atoms with Gasteiger partial charge in [0.1, 0.15) is 0 Å². The number of amides is 1. The standard InChI is InChI=1S/C25H28N2O3S/c1-3-20(18-21-10-6-4-7-11-21)19-26-25(28)22-14-16-23(17-15-22)27(2)31(29,30)24-12-8-5-9-13-24/h4-17,20H,3,18-19H2,1-2H3,(H,26,28). The SMILES string of the molecule is CCC(CNC(=O)c1ccc(N(C)S(=O)(=O)c2ccccc2)cc1)Cc1ccccc1. The zero-order chi connectivity index (χ0) is 22.3. The van der Waals surface area contributed by atoms with Crippen LogP contribution in [0.3, 0.4) is 0 Å². The van der Waals surface area contributed by atoms with E-state index in [1.165, 1.54) is 16.9 Å². The fraction of sp³-hybridized carbons (Fsp3) is 0.240. The third-order valence-corrected chi connectivity index (χ3v) is 7.19. The molecule has 1 atom stereocenters. The molecule has 5 nitrogen and oxygen atoms in total. The van der Waals surface area contributed by atoms with Gasteiger partial charge in [0.05, 0.1) is 10.6 Å². The summed E-state index contributed by atoms with van der Waals surface area (Å²) in [5, 5.41) is 3.00. The molecule has 0 radical (unpaired) electrons. The van der Waals surface area contributed by atoms with E-state index in [9.17, 15) is 13.2 Å². The molecule has 0 aliphatic rings. The quantitative estimate of drug-likeness (QED) is 0.537. The van der Waals surface area contributed by atoms with Crippen LogP contribution in [-0.2, 0) is 16.4 Å². The van der Waals surface area contributed by atoms with Crippen molar-refractivity contribution >= 4 is 21.6 Å². The highest BCUT2D eigenvalue weighted by Gasteiger charge is 2.21. The predicted octanol–water partition coefficient (Wildman–Crippen LogP) is 4.51. The molecule has 0 saturated carbocycles. The van der Waals surface area contributed by atoms with Gasteiger partial charge in [-0.2, -0.15) is 0 Å². The van der Waals surface area contributed by atoms with Gasteiger partial charge in [0, 0.05) is 19.2 Å². The first-order valence-corrected chi connectivity index (χ1v) is 11.8. The highest BCUT2D eigenvalue weighted by atomic mass is 32.2. The summed E-state index contributed by atoms with van der Waals surface area (Å²) in [4.78, 5) is 12.8. The lowest BCUT2D eigenvalue weighted by Crippen LogP contribution is -2.30. The van der Waals surface area contributed by atoms with Crippen LogP contribution < -0.4 is 9.62 Å². The molecule has 162 valence electrons. The van der Waals surface area contributed by atoms with E-state index in [2.05, 4.69) is 24.4 Å². The van der Waals surface area contributed by atoms with Crippen molar-refractivity contribution in [2.45, 2.75) is 24.7 Å². The van der Waals surface area contributed by atoms with Gasteiger partial charge in [0.25, 0.3) is 15.9 Å². The number of anilines is 1. The Kier molecular flexibility index (Phi) is 7.47. The lowest BCUT2D eigenvalue weighted by molar-refractivity contribution is 0.0946. The fourth-order valence-electron chi connectivity index (χ4n) is 3.36. The topological polar surface area (TPSA) is 66.5 Å². The van der Waals surface area contributed by atoms with Crippen LogP contribution in [0.15, 0.2) is 89.8 Å². The lowest BCUT2D eigenvalue weighted by Gasteiger charge is -2.20. The van der Waals surface area contributed by atoms with Crippen LogP contribution in [0.25, 0.3) is 0 Å². The minimum Gasteiger partial charge on any atom is -0.352 e. The van der Waals surface area contributed by atoms with Crippen molar-refractivity contribution in [1.29, 1.82) is 0 Å². The Morgan fingerprint density at radius 3 is 2.06 bits per heavy atom. The third-order valence-electron chi connectivity index (χ3n) is 5.39. The van der Waals surface area contributed by atoms with Crippen LogP contribution in [0, 0.1) is 5.92 Å². The third kappa shape index (κ3) is 5.73. The molecule has 6 heteroatoms. The van der Waals surface area contributed by atoms with Crippen LogP contribution >= 0.6 is 0 Å². The summed E-state index contributed by atoms with van der Waals surface area (Å²) >= 11 is 0. The number of carbonyl (C=O) groups excluding carboxylic acids is 1. The van der Waals surface area contributed by atoms with Crippen LogP contribution in [-0.4, -0.2) is 27.9 Å². The molecular formula is C25H28N2O3S. The molecule has 0 aromatic heterocycles. The molecule has 0 bridgehead atoms. The summed E-state index contributed by atoms with van der Waals surface area (Å²) < 4.78 is 26.7. The minimum absolute atomic E-state index is 0.161. The number of hydrogen-bond donors (Lipinski definition) is 1. The van der Waals surface area contributed by atoms with Gasteiger partial charge in [-0.15, -0.1) is 0 Å². The lowest BCUT2D eigenvalue weighted by atomic mass is 9.97. The first-order valence-electron chi connectivity index (χ1n) is 10.4. The summed E-state index contributed by atoms with van der Waals surface area (Å²) in [7, 11) is -2.14. The molecule has 3 rings (SSSR count). The number of carbonyl (C=O) groups is 1. The molecule has 0 fully saturated rings. The van der Waals surface area contributed by atoms with E-state index in [4.69, 9.17) is 0 Å². The van der Waals surface area contributed by atoms with Gasteiger partial charge >= 0.3 is 0 Å². The first kappa shape index (κ1) is 22.6. The van der Waals surface area contributed by atoms with E-state index >= 15 is 0 Å². The summed E-state index contributed by atoms with van der Waals surface area (Å²) in [5.74, 6) is 0.194. The minimum atomic E-state index is -3.65. The van der Waals surface area contributed by atoms with Crippen LogP contribution in [0.2, 0.25) is 0 Å². The molecular weight excluding hydrogens is 408 g/mol. The van der Waals surface area contributed by atoms with Gasteiger partial charge in [-0.05, 0) is 54.3 Å². The van der Waals surface area contributed by atoms with Crippen LogP contribution in [0.4, 0.5) is 5.69 Å². The molecule has 31 heavy (non-hydrogen) atoms. The number of nitrogens with one attached hydrogen (secondary N) is 1. The number of nitrogens with zero attached hydrogens (tertiary/aromatic N) is 1. The molecule has 1 unspecified atom stereocenters. The maximum Gasteiger partial charge on any atom is 0.264 e. The Morgan fingerprint density at radius 1 is 0.903 bits per heavy atom. The zero-order valence-electron chi connectivity index (χ0n) is 17.9. The molecule has 0 saturated heterocycles. The van der Waals surface area contributed by atoms with Crippen molar-refractivity contribution in [3.8, 4) is 0 Å². The van der Waals surface area contributed by atoms with E-state index in [1.54, 1.807) is 54.6 Å². The zero-order valence-corrected chi connectivity index (χ0v) is 18.7. The monoisotopic (exact) mass is 436 g/mol. The maximum atomic E-state index is 12.8. The molecule has 0 spiro atoms. The van der Waals surface area contributed by atoms with Gasteiger partial charge in [-0.3, -0.25) is 9.10 Å². The number of rotatable bonds is 9. The van der Waals surface area contributed by atoms with Gasteiger partial charge in [-0.25, -0.2) is 8.42 Å². The highest BCUT2D eigenvalue weighted by molar-refractivity contribution is 7.92. The summed E-state index contributed by atoms with van der Waals surface area (Å²) in [6, 6.07) is 25.1. The predicted molar refractivity (Wildman–Crippen MR) is 125 cm³/mol. The average Bonchev–Trinajstić information content (AvgIpc) is 2.82. The highest BCUT2D eigenvalue weighted by Crippen LogP contribution is 2.22.